The van der Waals surface area contributed by atoms with Crippen molar-refractivity contribution >= 4 is 60.4 Å². The molecule has 144 valence electrons. The highest BCUT2D eigenvalue weighted by molar-refractivity contribution is 9.13. The third-order valence-corrected chi connectivity index (χ3v) is 7.11. The Morgan fingerprint density at radius 3 is 2.75 bits per heavy atom. The molecule has 0 radical (unpaired) electrons. The molecule has 0 saturated heterocycles. The standard InChI is InChI=1S/C18H14Br2N4O3S/c1-27-11-7-9(12(19)13(20)15(11)25)16-21-10-6-4-3-5-8(10)14-17(26)22-18(28-2)23-24(14)16/h3-7,16,25H,1-2H3,(H,22,23,26). The van der Waals surface area contributed by atoms with Crippen LogP contribution in [0.4, 0.5) is 0 Å². The number of carbonyl (C=O) groups is 1. The molecule has 0 aromatic heterocycles. The van der Waals surface area contributed by atoms with Crippen molar-refractivity contribution in [3.8, 4) is 11.5 Å². The van der Waals surface area contributed by atoms with Gasteiger partial charge in [-0.3, -0.25) is 15.1 Å². The number of carbonyl (C=O) groups excluding carboxylic acids is 1. The number of benzene rings is 2. The van der Waals surface area contributed by atoms with Gasteiger partial charge in [-0.15, -0.1) is 5.10 Å². The number of ether oxygens (including phenoxy) is 1. The van der Waals surface area contributed by atoms with Crippen LogP contribution in [0.2, 0.25) is 0 Å². The maximum atomic E-state index is 12.9. The maximum absolute atomic E-state index is 12.9. The molecular formula is C18H14Br2N4O3S. The lowest BCUT2D eigenvalue weighted by atomic mass is 10.1. The molecule has 1 unspecified atom stereocenters. The van der Waals surface area contributed by atoms with Crippen LogP contribution in [0.15, 0.2) is 49.4 Å². The summed E-state index contributed by atoms with van der Waals surface area (Å²) in [5.41, 5.74) is 1.11. The second-order valence-electron chi connectivity index (χ2n) is 5.92. The van der Waals surface area contributed by atoms with Crippen molar-refractivity contribution < 1.29 is 14.6 Å². The monoisotopic (exact) mass is 524 g/mol. The molecule has 2 aliphatic heterocycles. The van der Waals surface area contributed by atoms with E-state index >= 15 is 0 Å². The fourth-order valence-corrected chi connectivity index (χ4v) is 4.37. The number of hydrazone groups is 1. The number of hydrogen-bond donors (Lipinski definition) is 2. The normalized spacial score (nSPS) is 17.9. The van der Waals surface area contributed by atoms with Gasteiger partial charge >= 0.3 is 0 Å². The highest BCUT2D eigenvalue weighted by Crippen LogP contribution is 2.45. The predicted molar refractivity (Wildman–Crippen MR) is 114 cm³/mol. The molecule has 2 aromatic carbocycles. The first-order chi connectivity index (χ1) is 13.5. The molecule has 2 N–H and O–H groups in total. The van der Waals surface area contributed by atoms with Gasteiger partial charge in [0.15, 0.2) is 22.8 Å². The number of amides is 1. The maximum Gasteiger partial charge on any atom is 0.276 e. The molecule has 0 fully saturated rings. The number of aromatic hydroxyl groups is 1. The zero-order valence-electron chi connectivity index (χ0n) is 14.7. The van der Waals surface area contributed by atoms with Crippen LogP contribution in [-0.4, -0.2) is 34.6 Å². The molecule has 7 nitrogen and oxygen atoms in total. The summed E-state index contributed by atoms with van der Waals surface area (Å²) >= 11 is 8.24. The topological polar surface area (TPSA) is 86.5 Å². The van der Waals surface area contributed by atoms with Crippen LogP contribution in [0.3, 0.4) is 0 Å². The molecule has 1 atom stereocenters. The highest BCUT2D eigenvalue weighted by atomic mass is 79.9. The van der Waals surface area contributed by atoms with E-state index in [9.17, 15) is 9.90 Å². The lowest BCUT2D eigenvalue weighted by molar-refractivity contribution is -0.116. The van der Waals surface area contributed by atoms with Gasteiger partial charge in [-0.25, -0.2) is 5.01 Å². The van der Waals surface area contributed by atoms with Gasteiger partial charge in [0.05, 0.1) is 16.9 Å². The van der Waals surface area contributed by atoms with Gasteiger partial charge < -0.3 is 9.84 Å². The SMILES string of the molecule is COc1cc(C2N=c3ccccc3=C3C(=O)NC(SC)=NN32)c(Br)c(Br)c1O. The predicted octanol–water partition coefficient (Wildman–Crippen LogP) is 2.43. The van der Waals surface area contributed by atoms with Crippen molar-refractivity contribution in [3.63, 3.8) is 0 Å². The summed E-state index contributed by atoms with van der Waals surface area (Å²) in [5.74, 6) is 0.0204. The van der Waals surface area contributed by atoms with Gasteiger partial charge in [0.1, 0.15) is 5.70 Å². The average molecular weight is 526 g/mol. The van der Waals surface area contributed by atoms with Crippen molar-refractivity contribution in [2.75, 3.05) is 13.4 Å². The largest absolute Gasteiger partial charge is 0.503 e. The van der Waals surface area contributed by atoms with Gasteiger partial charge in [-0.05, 0) is 50.2 Å². The van der Waals surface area contributed by atoms with Crippen LogP contribution < -0.4 is 20.6 Å². The number of thioether (sulfide) groups is 1. The van der Waals surface area contributed by atoms with Crippen molar-refractivity contribution in [1.82, 2.24) is 10.3 Å². The summed E-state index contributed by atoms with van der Waals surface area (Å²) in [7, 11) is 1.47. The number of methoxy groups -OCH3 is 1. The molecule has 0 saturated carbocycles. The molecule has 2 aromatic rings. The van der Waals surface area contributed by atoms with Gasteiger partial charge in [0, 0.05) is 15.3 Å². The Balaban J connectivity index is 2.03. The Kier molecular flexibility index (Phi) is 5.11. The molecule has 4 rings (SSSR count). The van der Waals surface area contributed by atoms with Crippen molar-refractivity contribution in [2.24, 2.45) is 10.1 Å². The first kappa shape index (κ1) is 19.3. The first-order valence-corrected chi connectivity index (χ1v) is 10.9. The first-order valence-electron chi connectivity index (χ1n) is 8.11. The number of rotatable bonds is 2. The molecule has 1 amide bonds. The van der Waals surface area contributed by atoms with E-state index in [1.165, 1.54) is 18.9 Å². The van der Waals surface area contributed by atoms with Gasteiger partial charge in [0.25, 0.3) is 5.91 Å². The minimum atomic E-state index is -0.627. The summed E-state index contributed by atoms with van der Waals surface area (Å²) in [6, 6.07) is 9.12. The fraction of sp³-hybridized carbons (Fsp3) is 0.167. The van der Waals surface area contributed by atoms with Crippen LogP contribution >= 0.6 is 43.6 Å². The minimum absolute atomic E-state index is 0.0248. The third-order valence-electron chi connectivity index (χ3n) is 4.38. The number of halogens is 2. The summed E-state index contributed by atoms with van der Waals surface area (Å²) in [5, 5.41) is 21.1. The van der Waals surface area contributed by atoms with E-state index in [1.54, 1.807) is 11.1 Å². The lowest BCUT2D eigenvalue weighted by Crippen LogP contribution is -2.50. The highest BCUT2D eigenvalue weighted by Gasteiger charge is 2.36. The second-order valence-corrected chi connectivity index (χ2v) is 8.30. The Bertz CT molecular complexity index is 1150. The van der Waals surface area contributed by atoms with Crippen LogP contribution in [0.5, 0.6) is 11.5 Å². The number of hydrogen-bond acceptors (Lipinski definition) is 7. The number of phenolic OH excluding ortho intramolecular Hbond substituents is 1. The molecule has 28 heavy (non-hydrogen) atoms. The van der Waals surface area contributed by atoms with E-state index in [0.29, 0.717) is 35.9 Å². The van der Waals surface area contributed by atoms with E-state index in [-0.39, 0.29) is 17.4 Å². The molecular weight excluding hydrogens is 512 g/mol. The van der Waals surface area contributed by atoms with Crippen LogP contribution in [0, 0.1) is 0 Å². The average Bonchev–Trinajstić information content (AvgIpc) is 2.71. The molecule has 2 heterocycles. The van der Waals surface area contributed by atoms with Crippen molar-refractivity contribution in [2.45, 2.75) is 6.17 Å². The fourth-order valence-electron chi connectivity index (χ4n) is 3.08. The number of nitrogens with one attached hydrogen (secondary N) is 1. The zero-order valence-corrected chi connectivity index (χ0v) is 18.7. The third kappa shape index (κ3) is 2.99. The lowest BCUT2D eigenvalue weighted by Gasteiger charge is -2.34. The summed E-state index contributed by atoms with van der Waals surface area (Å²) < 4.78 is 6.33. The van der Waals surface area contributed by atoms with Gasteiger partial charge in [-0.1, -0.05) is 30.0 Å². The Labute approximate surface area is 181 Å². The summed E-state index contributed by atoms with van der Waals surface area (Å²) in [6.07, 6.45) is 1.21. The minimum Gasteiger partial charge on any atom is -0.503 e. The number of para-hydroxylation sites is 1. The van der Waals surface area contributed by atoms with Crippen LogP contribution in [0.1, 0.15) is 11.7 Å². The molecule has 2 aliphatic rings. The van der Waals surface area contributed by atoms with Gasteiger partial charge in [-0.2, -0.15) is 0 Å². The van der Waals surface area contributed by atoms with E-state index < -0.39 is 6.17 Å². The molecule has 0 aliphatic carbocycles. The quantitative estimate of drug-likeness (QED) is 0.629. The van der Waals surface area contributed by atoms with E-state index in [0.717, 1.165) is 0 Å². The van der Waals surface area contributed by atoms with Gasteiger partial charge in [0.2, 0.25) is 0 Å². The number of fused-ring (bicyclic) bond motifs is 2. The Morgan fingerprint density at radius 1 is 1.29 bits per heavy atom. The summed E-state index contributed by atoms with van der Waals surface area (Å²) in [6.45, 7) is 0. The van der Waals surface area contributed by atoms with E-state index in [2.05, 4.69) is 42.3 Å². The number of nitrogens with zero attached hydrogens (tertiary/aromatic N) is 3. The zero-order chi connectivity index (χ0) is 20.0. The van der Waals surface area contributed by atoms with E-state index in [1.807, 2.05) is 30.5 Å². The number of phenols is 1. The molecule has 0 spiro atoms. The Hall–Kier alpha value is -2.04. The Morgan fingerprint density at radius 2 is 2.04 bits per heavy atom. The van der Waals surface area contributed by atoms with Crippen LogP contribution in [-0.2, 0) is 4.79 Å². The smallest absolute Gasteiger partial charge is 0.276 e. The van der Waals surface area contributed by atoms with Crippen molar-refractivity contribution in [3.05, 3.63) is 55.4 Å². The summed E-state index contributed by atoms with van der Waals surface area (Å²) in [4.78, 5) is 17.7. The van der Waals surface area contributed by atoms with Crippen LogP contribution in [0.25, 0.3) is 5.70 Å². The molecule has 10 heteroatoms. The molecule has 0 bridgehead atoms. The number of amidine groups is 1. The second kappa shape index (κ2) is 7.41. The van der Waals surface area contributed by atoms with Crippen molar-refractivity contribution in [1.29, 1.82) is 0 Å². The van der Waals surface area contributed by atoms with E-state index in [4.69, 9.17) is 9.73 Å².